The first-order valence-corrected chi connectivity index (χ1v) is 19.0. The lowest BCUT2D eigenvalue weighted by Gasteiger charge is -2.15. The van der Waals surface area contributed by atoms with Crippen LogP contribution in [0.5, 0.6) is 0 Å². The van der Waals surface area contributed by atoms with E-state index in [4.69, 9.17) is 0 Å². The molecule has 0 bridgehead atoms. The molecule has 1 heterocycles. The summed E-state index contributed by atoms with van der Waals surface area (Å²) in [6, 6.07) is 14.1. The molecule has 0 aliphatic rings. The molecule has 4 heteroatoms. The third kappa shape index (κ3) is 16.0. The molecule has 0 aliphatic heterocycles. The van der Waals surface area contributed by atoms with E-state index in [0.29, 0.717) is 6.54 Å². The van der Waals surface area contributed by atoms with Gasteiger partial charge in [-0.05, 0) is 41.7 Å². The Morgan fingerprint density at radius 2 is 1.24 bits per heavy atom. The molecule has 0 spiro atoms. The van der Waals surface area contributed by atoms with Crippen LogP contribution in [-0.2, 0) is 13.1 Å². The SMILES string of the molecule is CCCCCCCCCCCCC(CCCCCCCCCC)C[n+]1ccn(CCCNC(=O)c2ccc3ccccc3c2)c1. The van der Waals surface area contributed by atoms with Crippen LogP contribution in [0.25, 0.3) is 10.8 Å². The van der Waals surface area contributed by atoms with Gasteiger partial charge in [-0.1, -0.05) is 160 Å². The number of hydrogen-bond acceptors (Lipinski definition) is 1. The van der Waals surface area contributed by atoms with Gasteiger partial charge in [0.1, 0.15) is 12.4 Å². The standard InChI is InChI=1S/C41H65N3O/c1-3-5-7-9-11-13-14-16-18-20-25-37(24-19-17-15-12-10-8-6-4-2)35-44-33-32-43(36-44)31-23-30-42-41(45)40-29-28-38-26-21-22-27-39(38)34-40/h21-22,26-29,32-34,36-37H,3-20,23-25,30-31,35H2,1-2H3/p+1. The highest BCUT2D eigenvalue weighted by molar-refractivity contribution is 5.98. The van der Waals surface area contributed by atoms with Crippen molar-refractivity contribution in [2.24, 2.45) is 5.92 Å². The van der Waals surface area contributed by atoms with Crippen LogP contribution in [0.4, 0.5) is 0 Å². The molecule has 3 aromatic rings. The Balaban J connectivity index is 1.36. The first-order valence-electron chi connectivity index (χ1n) is 19.0. The second-order valence-electron chi connectivity index (χ2n) is 13.6. The van der Waals surface area contributed by atoms with Crippen molar-refractivity contribution in [3.8, 4) is 0 Å². The van der Waals surface area contributed by atoms with E-state index in [9.17, 15) is 4.79 Å². The predicted octanol–water partition coefficient (Wildman–Crippen LogP) is 11.2. The Bertz CT molecular complexity index is 1170. The Hall–Kier alpha value is -2.62. The third-order valence-electron chi connectivity index (χ3n) is 9.54. The van der Waals surface area contributed by atoms with E-state index in [0.717, 1.165) is 36.4 Å². The van der Waals surface area contributed by atoms with E-state index in [1.54, 1.807) is 0 Å². The molecule has 1 amide bonds. The monoisotopic (exact) mass is 617 g/mol. The largest absolute Gasteiger partial charge is 0.352 e. The number of rotatable bonds is 27. The zero-order valence-electron chi connectivity index (χ0n) is 29.1. The number of fused-ring (bicyclic) bond motifs is 1. The normalized spacial score (nSPS) is 12.1. The number of unbranched alkanes of at least 4 members (excludes halogenated alkanes) is 16. The van der Waals surface area contributed by atoms with Gasteiger partial charge in [0.05, 0.1) is 13.1 Å². The summed E-state index contributed by atoms with van der Waals surface area (Å²) < 4.78 is 4.70. The van der Waals surface area contributed by atoms with E-state index in [-0.39, 0.29) is 5.91 Å². The second kappa shape index (κ2) is 23.7. The summed E-state index contributed by atoms with van der Waals surface area (Å²) in [6.45, 7) is 7.35. The van der Waals surface area contributed by atoms with Gasteiger partial charge in [-0.2, -0.15) is 0 Å². The van der Waals surface area contributed by atoms with Crippen molar-refractivity contribution in [1.29, 1.82) is 0 Å². The topological polar surface area (TPSA) is 37.9 Å². The minimum Gasteiger partial charge on any atom is -0.352 e. The summed E-state index contributed by atoms with van der Waals surface area (Å²) in [5.74, 6) is 0.792. The molecule has 2 aromatic carbocycles. The maximum Gasteiger partial charge on any atom is 0.251 e. The summed E-state index contributed by atoms with van der Waals surface area (Å²) in [4.78, 5) is 12.7. The fourth-order valence-corrected chi connectivity index (χ4v) is 6.69. The summed E-state index contributed by atoms with van der Waals surface area (Å²) in [6.07, 6.45) is 35.7. The highest BCUT2D eigenvalue weighted by atomic mass is 16.1. The Kier molecular flexibility index (Phi) is 19.4. The minimum atomic E-state index is 0.0131. The van der Waals surface area contributed by atoms with Crippen LogP contribution in [0.2, 0.25) is 0 Å². The molecule has 1 unspecified atom stereocenters. The molecule has 4 nitrogen and oxygen atoms in total. The smallest absolute Gasteiger partial charge is 0.251 e. The number of hydrogen-bond donors (Lipinski definition) is 1. The molecular formula is C41H66N3O+. The quantitative estimate of drug-likeness (QED) is 0.0671. The van der Waals surface area contributed by atoms with E-state index in [1.165, 1.54) is 134 Å². The molecule has 0 radical (unpaired) electrons. The van der Waals surface area contributed by atoms with Gasteiger partial charge in [-0.25, -0.2) is 9.13 Å². The van der Waals surface area contributed by atoms with Crippen molar-refractivity contribution < 1.29 is 9.36 Å². The number of aryl methyl sites for hydroxylation is 1. The van der Waals surface area contributed by atoms with E-state index < -0.39 is 0 Å². The van der Waals surface area contributed by atoms with E-state index in [2.05, 4.69) is 59.2 Å². The van der Waals surface area contributed by atoms with Crippen LogP contribution in [0.15, 0.2) is 61.2 Å². The number of imidazole rings is 1. The Labute approximate surface area is 276 Å². The number of benzene rings is 2. The van der Waals surface area contributed by atoms with E-state index >= 15 is 0 Å². The van der Waals surface area contributed by atoms with Crippen LogP contribution in [0.3, 0.4) is 0 Å². The third-order valence-corrected chi connectivity index (χ3v) is 9.54. The summed E-state index contributed by atoms with van der Waals surface area (Å²) in [7, 11) is 0. The van der Waals surface area contributed by atoms with E-state index in [1.807, 2.05) is 30.3 Å². The number of nitrogens with zero attached hydrogens (tertiary/aromatic N) is 2. The lowest BCUT2D eigenvalue weighted by atomic mass is 9.94. The molecule has 1 N–H and O–H groups in total. The molecule has 1 atom stereocenters. The van der Waals surface area contributed by atoms with Gasteiger partial charge in [-0.3, -0.25) is 4.79 Å². The van der Waals surface area contributed by atoms with Crippen molar-refractivity contribution in [3.63, 3.8) is 0 Å². The van der Waals surface area contributed by atoms with Crippen molar-refractivity contribution in [2.75, 3.05) is 6.54 Å². The zero-order chi connectivity index (χ0) is 31.8. The molecule has 250 valence electrons. The number of amides is 1. The Morgan fingerprint density at radius 1 is 0.689 bits per heavy atom. The van der Waals surface area contributed by atoms with Crippen LogP contribution in [0.1, 0.15) is 159 Å². The van der Waals surface area contributed by atoms with Crippen LogP contribution < -0.4 is 9.88 Å². The second-order valence-corrected chi connectivity index (χ2v) is 13.6. The first-order chi connectivity index (χ1) is 22.2. The maximum absolute atomic E-state index is 12.7. The highest BCUT2D eigenvalue weighted by Crippen LogP contribution is 2.20. The summed E-state index contributed by atoms with van der Waals surface area (Å²) in [5.41, 5.74) is 0.734. The van der Waals surface area contributed by atoms with Gasteiger partial charge in [0, 0.05) is 18.5 Å². The fourth-order valence-electron chi connectivity index (χ4n) is 6.69. The maximum atomic E-state index is 12.7. The van der Waals surface area contributed by atoms with Crippen LogP contribution in [0, 0.1) is 5.92 Å². The zero-order valence-corrected chi connectivity index (χ0v) is 29.1. The van der Waals surface area contributed by atoms with Gasteiger partial charge >= 0.3 is 0 Å². The minimum absolute atomic E-state index is 0.0131. The van der Waals surface area contributed by atoms with Crippen LogP contribution in [-0.4, -0.2) is 17.0 Å². The van der Waals surface area contributed by atoms with Crippen molar-refractivity contribution in [1.82, 2.24) is 9.88 Å². The highest BCUT2D eigenvalue weighted by Gasteiger charge is 2.14. The molecule has 45 heavy (non-hydrogen) atoms. The molecule has 3 rings (SSSR count). The van der Waals surface area contributed by atoms with Gasteiger partial charge in [0.2, 0.25) is 6.33 Å². The lowest BCUT2D eigenvalue weighted by molar-refractivity contribution is -0.703. The van der Waals surface area contributed by atoms with Gasteiger partial charge in [0.15, 0.2) is 0 Å². The molecule has 0 saturated carbocycles. The Morgan fingerprint density at radius 3 is 1.84 bits per heavy atom. The lowest BCUT2D eigenvalue weighted by Crippen LogP contribution is -2.35. The van der Waals surface area contributed by atoms with Crippen molar-refractivity contribution in [3.05, 3.63) is 66.7 Å². The molecule has 1 aromatic heterocycles. The fraction of sp³-hybridized carbons (Fsp3) is 0.659. The average molecular weight is 617 g/mol. The average Bonchev–Trinajstić information content (AvgIpc) is 3.51. The molecule has 0 fully saturated rings. The molecule has 0 saturated heterocycles. The van der Waals surface area contributed by atoms with Gasteiger partial charge in [0.25, 0.3) is 5.91 Å². The molecular weight excluding hydrogens is 550 g/mol. The predicted molar refractivity (Wildman–Crippen MR) is 193 cm³/mol. The van der Waals surface area contributed by atoms with Crippen LogP contribution >= 0.6 is 0 Å². The van der Waals surface area contributed by atoms with Crippen molar-refractivity contribution in [2.45, 2.75) is 162 Å². The molecule has 0 aliphatic carbocycles. The number of carbonyl (C=O) groups is 1. The summed E-state index contributed by atoms with van der Waals surface area (Å²) in [5, 5.41) is 5.39. The van der Waals surface area contributed by atoms with Gasteiger partial charge in [-0.15, -0.1) is 0 Å². The van der Waals surface area contributed by atoms with Crippen molar-refractivity contribution >= 4 is 16.7 Å². The first kappa shape index (κ1) is 36.8. The summed E-state index contributed by atoms with van der Waals surface area (Å²) >= 11 is 0. The number of nitrogens with one attached hydrogen (secondary N) is 1. The van der Waals surface area contributed by atoms with Gasteiger partial charge < -0.3 is 5.32 Å². The number of carbonyl (C=O) groups excluding carboxylic acids is 1. The number of aromatic nitrogens is 2.